The van der Waals surface area contributed by atoms with Gasteiger partial charge in [0.2, 0.25) is 5.91 Å². The van der Waals surface area contributed by atoms with Crippen LogP contribution in [0.1, 0.15) is 41.9 Å². The molecular weight excluding hydrogens is 539 g/mol. The number of halogens is 2. The summed E-state index contributed by atoms with van der Waals surface area (Å²) in [6, 6.07) is 4.42. The van der Waals surface area contributed by atoms with Gasteiger partial charge in [0.25, 0.3) is 11.5 Å². The highest BCUT2D eigenvalue weighted by molar-refractivity contribution is 7.20. The van der Waals surface area contributed by atoms with E-state index < -0.39 is 17.2 Å². The number of hydrogen-bond acceptors (Lipinski definition) is 6. The first-order chi connectivity index (χ1) is 17.7. The van der Waals surface area contributed by atoms with Gasteiger partial charge in [0, 0.05) is 26.2 Å². The molecule has 1 aliphatic heterocycles. The van der Waals surface area contributed by atoms with Crippen LogP contribution < -0.4 is 16.6 Å². The van der Waals surface area contributed by atoms with Gasteiger partial charge in [-0.2, -0.15) is 0 Å². The van der Waals surface area contributed by atoms with Crippen LogP contribution in [0.15, 0.2) is 27.8 Å². The van der Waals surface area contributed by atoms with Crippen molar-refractivity contribution in [2.24, 2.45) is 0 Å². The summed E-state index contributed by atoms with van der Waals surface area (Å²) >= 11 is 13.3. The van der Waals surface area contributed by atoms with Gasteiger partial charge >= 0.3 is 5.69 Å². The van der Waals surface area contributed by atoms with Gasteiger partial charge in [0.15, 0.2) is 0 Å². The third kappa shape index (κ3) is 5.34. The summed E-state index contributed by atoms with van der Waals surface area (Å²) in [6.07, 6.45) is 1.73. The Morgan fingerprint density at radius 3 is 2.54 bits per heavy atom. The first-order valence-electron chi connectivity index (χ1n) is 12.1. The molecule has 0 unspecified atom stereocenters. The molecular formula is C25H28Cl2N4O5S. The third-order valence-electron chi connectivity index (χ3n) is 6.47. The third-order valence-corrected chi connectivity index (χ3v) is 8.51. The minimum atomic E-state index is -0.716. The number of thiophene rings is 1. The first kappa shape index (κ1) is 27.4. The number of carbonyl (C=O) groups is 2. The van der Waals surface area contributed by atoms with E-state index in [1.807, 2.05) is 13.8 Å². The van der Waals surface area contributed by atoms with E-state index in [0.29, 0.717) is 36.7 Å². The highest BCUT2D eigenvalue weighted by Crippen LogP contribution is 2.30. The molecule has 3 heterocycles. The second kappa shape index (κ2) is 11.4. The summed E-state index contributed by atoms with van der Waals surface area (Å²) in [7, 11) is 0. The lowest BCUT2D eigenvalue weighted by molar-refractivity contribution is -0.122. The van der Waals surface area contributed by atoms with Crippen LogP contribution in [0.5, 0.6) is 0 Å². The van der Waals surface area contributed by atoms with Crippen molar-refractivity contribution >= 4 is 56.6 Å². The summed E-state index contributed by atoms with van der Waals surface area (Å²) in [5.41, 5.74) is -0.640. The SMILES string of the molecule is CCN(CC)C(=O)c1sc2c(c1C)c(=O)n(-c1ccc(Cl)c(Cl)c1)c(=O)n2CC(=O)NC[C@H]1CCCO1. The molecule has 12 heteroatoms. The largest absolute Gasteiger partial charge is 0.376 e. The standard InChI is InChI=1S/C25H28Cl2N4O5S/c1-4-29(5-2)23(34)21-14(3)20-22(33)31(15-8-9-17(26)18(27)11-15)25(35)30(24(20)37-21)13-19(32)28-12-16-7-6-10-36-16/h8-9,11,16H,4-7,10,12-13H2,1-3H3,(H,28,32)/t16-/m1/s1. The molecule has 0 saturated carbocycles. The molecule has 37 heavy (non-hydrogen) atoms. The maximum absolute atomic E-state index is 13.7. The monoisotopic (exact) mass is 566 g/mol. The molecule has 2 aromatic heterocycles. The normalized spacial score (nSPS) is 15.3. The van der Waals surface area contributed by atoms with E-state index in [-0.39, 0.29) is 44.5 Å². The lowest BCUT2D eigenvalue weighted by atomic mass is 10.2. The number of amides is 2. The Balaban J connectivity index is 1.88. The summed E-state index contributed by atoms with van der Waals surface area (Å²) in [5.74, 6) is -0.632. The average molecular weight is 567 g/mol. The van der Waals surface area contributed by atoms with Crippen LogP contribution in [0.4, 0.5) is 0 Å². The van der Waals surface area contributed by atoms with Gasteiger partial charge < -0.3 is 15.0 Å². The van der Waals surface area contributed by atoms with E-state index in [1.165, 1.54) is 22.8 Å². The molecule has 1 fully saturated rings. The maximum Gasteiger partial charge on any atom is 0.337 e. The summed E-state index contributed by atoms with van der Waals surface area (Å²) in [5, 5.41) is 3.47. The predicted octanol–water partition coefficient (Wildman–Crippen LogP) is 3.61. The Morgan fingerprint density at radius 1 is 1.19 bits per heavy atom. The molecule has 4 rings (SSSR count). The molecule has 1 aliphatic rings. The van der Waals surface area contributed by atoms with E-state index >= 15 is 0 Å². The Morgan fingerprint density at radius 2 is 1.92 bits per heavy atom. The van der Waals surface area contributed by atoms with Crippen LogP contribution >= 0.6 is 34.5 Å². The molecule has 0 bridgehead atoms. The average Bonchev–Trinajstić information content (AvgIpc) is 3.51. The van der Waals surface area contributed by atoms with Crippen LogP contribution in [0.2, 0.25) is 10.0 Å². The fourth-order valence-electron chi connectivity index (χ4n) is 4.43. The molecule has 1 saturated heterocycles. The Bertz CT molecular complexity index is 1470. The van der Waals surface area contributed by atoms with Gasteiger partial charge in [0.1, 0.15) is 11.4 Å². The Labute approximate surface area is 227 Å². The second-order valence-electron chi connectivity index (χ2n) is 8.76. The molecule has 3 aromatic rings. The number of fused-ring (bicyclic) bond motifs is 1. The molecule has 9 nitrogen and oxygen atoms in total. The van der Waals surface area contributed by atoms with Gasteiger partial charge in [-0.15, -0.1) is 11.3 Å². The molecule has 2 amide bonds. The molecule has 198 valence electrons. The zero-order valence-electron chi connectivity index (χ0n) is 20.8. The zero-order chi connectivity index (χ0) is 26.9. The first-order valence-corrected chi connectivity index (χ1v) is 13.7. The number of nitrogens with zero attached hydrogens (tertiary/aromatic N) is 3. The van der Waals surface area contributed by atoms with E-state index in [2.05, 4.69) is 5.32 Å². The van der Waals surface area contributed by atoms with Crippen molar-refractivity contribution in [3.8, 4) is 5.69 Å². The summed E-state index contributed by atoms with van der Waals surface area (Å²) in [6.45, 7) is 7.07. The number of carbonyl (C=O) groups excluding carboxylic acids is 2. The van der Waals surface area contributed by atoms with Crippen LogP contribution in [0.3, 0.4) is 0 Å². The molecule has 0 spiro atoms. The van der Waals surface area contributed by atoms with E-state index in [1.54, 1.807) is 11.8 Å². The molecule has 1 N–H and O–H groups in total. The van der Waals surface area contributed by atoms with Crippen molar-refractivity contribution in [3.05, 3.63) is 59.5 Å². The lowest BCUT2D eigenvalue weighted by Gasteiger charge is -2.17. The van der Waals surface area contributed by atoms with Gasteiger partial charge in [-0.3, -0.25) is 19.0 Å². The number of aryl methyl sites for hydroxylation is 1. The molecule has 1 atom stereocenters. The molecule has 1 aromatic carbocycles. The van der Waals surface area contributed by atoms with Crippen LogP contribution in [-0.4, -0.2) is 58.2 Å². The van der Waals surface area contributed by atoms with Gasteiger partial charge in [-0.25, -0.2) is 9.36 Å². The number of nitrogens with one attached hydrogen (secondary N) is 1. The number of rotatable bonds is 8. The van der Waals surface area contributed by atoms with E-state index in [4.69, 9.17) is 27.9 Å². The van der Waals surface area contributed by atoms with Crippen LogP contribution in [-0.2, 0) is 16.1 Å². The summed E-state index contributed by atoms with van der Waals surface area (Å²) in [4.78, 5) is 55.8. The van der Waals surface area contributed by atoms with Crippen molar-refractivity contribution in [2.75, 3.05) is 26.2 Å². The topological polar surface area (TPSA) is 103 Å². The number of aromatic nitrogens is 2. The maximum atomic E-state index is 13.7. The van der Waals surface area contributed by atoms with Crippen LogP contribution in [0, 0.1) is 6.92 Å². The smallest absolute Gasteiger partial charge is 0.337 e. The lowest BCUT2D eigenvalue weighted by Crippen LogP contribution is -2.42. The van der Waals surface area contributed by atoms with E-state index in [0.717, 1.165) is 28.7 Å². The fourth-order valence-corrected chi connectivity index (χ4v) is 5.98. The molecule has 0 aliphatic carbocycles. The second-order valence-corrected chi connectivity index (χ2v) is 10.6. The highest BCUT2D eigenvalue weighted by atomic mass is 35.5. The number of benzene rings is 1. The minimum Gasteiger partial charge on any atom is -0.376 e. The van der Waals surface area contributed by atoms with Gasteiger partial charge in [-0.1, -0.05) is 23.2 Å². The Kier molecular flexibility index (Phi) is 8.42. The van der Waals surface area contributed by atoms with Crippen molar-refractivity contribution in [3.63, 3.8) is 0 Å². The fraction of sp³-hybridized carbons (Fsp3) is 0.440. The van der Waals surface area contributed by atoms with Gasteiger partial charge in [0.05, 0.1) is 32.1 Å². The van der Waals surface area contributed by atoms with Gasteiger partial charge in [-0.05, 0) is 57.4 Å². The van der Waals surface area contributed by atoms with Crippen molar-refractivity contribution in [1.29, 1.82) is 0 Å². The van der Waals surface area contributed by atoms with Crippen molar-refractivity contribution < 1.29 is 14.3 Å². The van der Waals surface area contributed by atoms with Crippen molar-refractivity contribution in [2.45, 2.75) is 46.3 Å². The minimum absolute atomic E-state index is 0.0619. The van der Waals surface area contributed by atoms with E-state index in [9.17, 15) is 19.2 Å². The summed E-state index contributed by atoms with van der Waals surface area (Å²) < 4.78 is 7.76. The predicted molar refractivity (Wildman–Crippen MR) is 146 cm³/mol. The number of ether oxygens (including phenoxy) is 1. The highest BCUT2D eigenvalue weighted by Gasteiger charge is 2.26. The van der Waals surface area contributed by atoms with Crippen molar-refractivity contribution in [1.82, 2.24) is 19.4 Å². The zero-order valence-corrected chi connectivity index (χ0v) is 23.1. The Hall–Kier alpha value is -2.66. The quantitative estimate of drug-likeness (QED) is 0.448. The number of hydrogen-bond donors (Lipinski definition) is 1. The molecule has 0 radical (unpaired) electrons. The van der Waals surface area contributed by atoms with Crippen LogP contribution in [0.25, 0.3) is 15.9 Å².